The first-order valence-corrected chi connectivity index (χ1v) is 10.4. The molecular weight excluding hydrogens is 362 g/mol. The highest BCUT2D eigenvalue weighted by Gasteiger charge is 2.32. The van der Waals surface area contributed by atoms with Gasteiger partial charge < -0.3 is 10.2 Å². The summed E-state index contributed by atoms with van der Waals surface area (Å²) in [5.41, 5.74) is 3.30. The highest BCUT2D eigenvalue weighted by molar-refractivity contribution is 6.20. The van der Waals surface area contributed by atoms with Crippen molar-refractivity contribution in [3.8, 4) is 0 Å². The Morgan fingerprint density at radius 2 is 1.66 bits per heavy atom. The number of aliphatic imine (C=N–C) groups is 1. The molecule has 2 amide bonds. The van der Waals surface area contributed by atoms with E-state index in [1.54, 1.807) is 11.9 Å². The summed E-state index contributed by atoms with van der Waals surface area (Å²) in [5, 5.41) is 2.93. The Bertz CT molecular complexity index is 886. The van der Waals surface area contributed by atoms with Gasteiger partial charge in [-0.05, 0) is 18.9 Å². The second-order valence-electron chi connectivity index (χ2n) is 7.44. The number of amides is 2. The van der Waals surface area contributed by atoms with Crippen LogP contribution in [0.1, 0.15) is 50.7 Å². The number of para-hydroxylation sites is 1. The Kier molecular flexibility index (Phi) is 6.81. The van der Waals surface area contributed by atoms with Crippen LogP contribution in [0.2, 0.25) is 0 Å². The van der Waals surface area contributed by atoms with Crippen molar-refractivity contribution in [1.29, 1.82) is 0 Å². The van der Waals surface area contributed by atoms with E-state index >= 15 is 0 Å². The quantitative estimate of drug-likeness (QED) is 0.770. The normalized spacial score (nSPS) is 16.3. The van der Waals surface area contributed by atoms with Crippen molar-refractivity contribution in [2.24, 2.45) is 10.9 Å². The van der Waals surface area contributed by atoms with E-state index in [0.717, 1.165) is 42.5 Å². The van der Waals surface area contributed by atoms with Gasteiger partial charge in [-0.1, -0.05) is 75.2 Å². The fraction of sp³-hybridized carbons (Fsp3) is 0.375. The van der Waals surface area contributed by atoms with E-state index in [0.29, 0.717) is 5.71 Å². The average molecular weight is 392 g/mol. The number of likely N-dealkylation sites (N-methyl/N-ethyl adjacent to an activating group) is 1. The third kappa shape index (κ3) is 4.56. The molecule has 0 radical (unpaired) electrons. The molecule has 0 fully saturated rings. The Morgan fingerprint density at radius 1 is 1.03 bits per heavy atom. The zero-order valence-corrected chi connectivity index (χ0v) is 17.4. The molecule has 3 rings (SSSR count). The van der Waals surface area contributed by atoms with E-state index in [1.807, 2.05) is 54.6 Å². The molecule has 1 N–H and O–H groups in total. The molecule has 0 bridgehead atoms. The van der Waals surface area contributed by atoms with Crippen LogP contribution in [-0.4, -0.2) is 30.7 Å². The summed E-state index contributed by atoms with van der Waals surface area (Å²) >= 11 is 0. The maximum absolute atomic E-state index is 13.2. The molecule has 2 aromatic carbocycles. The van der Waals surface area contributed by atoms with Gasteiger partial charge in [-0.25, -0.2) is 4.99 Å². The molecular formula is C24H29N3O2. The first kappa shape index (κ1) is 20.8. The molecule has 1 aliphatic heterocycles. The van der Waals surface area contributed by atoms with Crippen LogP contribution in [0.3, 0.4) is 0 Å². The summed E-state index contributed by atoms with van der Waals surface area (Å²) < 4.78 is 0. The topological polar surface area (TPSA) is 61.8 Å². The summed E-state index contributed by atoms with van der Waals surface area (Å²) in [6.07, 6.45) is 2.55. The maximum Gasteiger partial charge on any atom is 0.272 e. The van der Waals surface area contributed by atoms with E-state index < -0.39 is 6.17 Å². The van der Waals surface area contributed by atoms with Crippen LogP contribution in [0.15, 0.2) is 59.6 Å². The SMILES string of the molecule is CCCC(CCC)C(=O)N[C@H]1N=C(c2ccccc2)c2ccccc2N(C)C1=O. The lowest BCUT2D eigenvalue weighted by Gasteiger charge is -2.22. The zero-order chi connectivity index (χ0) is 20.8. The summed E-state index contributed by atoms with van der Waals surface area (Å²) in [6, 6.07) is 17.5. The van der Waals surface area contributed by atoms with Crippen LogP contribution in [0.4, 0.5) is 5.69 Å². The summed E-state index contributed by atoms with van der Waals surface area (Å²) in [7, 11) is 1.74. The van der Waals surface area contributed by atoms with Crippen LogP contribution in [0, 0.1) is 5.92 Å². The first-order valence-electron chi connectivity index (χ1n) is 10.4. The largest absolute Gasteiger partial charge is 0.326 e. The fourth-order valence-electron chi connectivity index (χ4n) is 3.80. The minimum absolute atomic E-state index is 0.0934. The number of nitrogens with zero attached hydrogens (tertiary/aromatic N) is 2. The Labute approximate surface area is 172 Å². The highest BCUT2D eigenvalue weighted by atomic mass is 16.2. The minimum atomic E-state index is -0.939. The molecule has 1 atom stereocenters. The number of benzodiazepines with no additional fused rings is 1. The van der Waals surface area contributed by atoms with Gasteiger partial charge in [-0.2, -0.15) is 0 Å². The van der Waals surface area contributed by atoms with Crippen LogP contribution < -0.4 is 10.2 Å². The van der Waals surface area contributed by atoms with Crippen LogP contribution in [-0.2, 0) is 9.59 Å². The van der Waals surface area contributed by atoms with Crippen molar-refractivity contribution >= 4 is 23.2 Å². The van der Waals surface area contributed by atoms with Gasteiger partial charge in [0, 0.05) is 24.1 Å². The van der Waals surface area contributed by atoms with Crippen LogP contribution in [0.25, 0.3) is 0 Å². The number of fused-ring (bicyclic) bond motifs is 1. The van der Waals surface area contributed by atoms with Gasteiger partial charge in [0.15, 0.2) is 0 Å². The van der Waals surface area contributed by atoms with Crippen molar-refractivity contribution in [3.05, 3.63) is 65.7 Å². The molecule has 5 heteroatoms. The Balaban J connectivity index is 2.01. The molecule has 0 saturated heterocycles. The zero-order valence-electron chi connectivity index (χ0n) is 17.4. The number of carbonyl (C=O) groups is 2. The summed E-state index contributed by atoms with van der Waals surface area (Å²) in [5.74, 6) is -0.421. The number of nitrogens with one attached hydrogen (secondary N) is 1. The lowest BCUT2D eigenvalue weighted by Crippen LogP contribution is -2.47. The van der Waals surface area contributed by atoms with Crippen LogP contribution >= 0.6 is 0 Å². The fourth-order valence-corrected chi connectivity index (χ4v) is 3.80. The first-order chi connectivity index (χ1) is 14.1. The maximum atomic E-state index is 13.2. The smallest absolute Gasteiger partial charge is 0.272 e. The lowest BCUT2D eigenvalue weighted by atomic mass is 9.97. The van der Waals surface area contributed by atoms with Gasteiger partial charge in [-0.3, -0.25) is 9.59 Å². The summed E-state index contributed by atoms with van der Waals surface area (Å²) in [6.45, 7) is 4.14. The number of benzene rings is 2. The number of carbonyl (C=O) groups excluding carboxylic acids is 2. The van der Waals surface area contributed by atoms with E-state index in [2.05, 4.69) is 19.2 Å². The average Bonchev–Trinajstić information content (AvgIpc) is 2.85. The molecule has 1 aliphatic rings. The predicted octanol–water partition coefficient (Wildman–Crippen LogP) is 4.16. The number of hydrogen-bond donors (Lipinski definition) is 1. The molecule has 5 nitrogen and oxygen atoms in total. The molecule has 1 heterocycles. The van der Waals surface area contributed by atoms with Gasteiger partial charge in [-0.15, -0.1) is 0 Å². The van der Waals surface area contributed by atoms with Gasteiger partial charge in [0.2, 0.25) is 12.1 Å². The number of anilines is 1. The van der Waals surface area contributed by atoms with E-state index in [-0.39, 0.29) is 17.7 Å². The van der Waals surface area contributed by atoms with Gasteiger partial charge >= 0.3 is 0 Å². The molecule has 0 spiro atoms. The molecule has 29 heavy (non-hydrogen) atoms. The second-order valence-corrected chi connectivity index (χ2v) is 7.44. The van der Waals surface area contributed by atoms with Crippen molar-refractivity contribution < 1.29 is 9.59 Å². The van der Waals surface area contributed by atoms with E-state index in [9.17, 15) is 9.59 Å². The monoisotopic (exact) mass is 391 g/mol. The Morgan fingerprint density at radius 3 is 2.31 bits per heavy atom. The molecule has 0 saturated carbocycles. The third-order valence-electron chi connectivity index (χ3n) is 5.31. The van der Waals surface area contributed by atoms with Crippen molar-refractivity contribution in [2.75, 3.05) is 11.9 Å². The van der Waals surface area contributed by atoms with Gasteiger partial charge in [0.1, 0.15) is 0 Å². The lowest BCUT2D eigenvalue weighted by molar-refractivity contribution is -0.130. The molecule has 0 aliphatic carbocycles. The molecule has 152 valence electrons. The van der Waals surface area contributed by atoms with E-state index in [4.69, 9.17) is 4.99 Å². The Hall–Kier alpha value is -2.95. The second kappa shape index (κ2) is 9.50. The standard InChI is InChI=1S/C24H29N3O2/c1-4-11-18(12-5-2)23(28)26-22-24(29)27(3)20-16-10-9-15-19(20)21(25-22)17-13-7-6-8-14-17/h6-10,13-16,18,22H,4-5,11-12H2,1-3H3,(H,26,28)/t22-/m1/s1. The van der Waals surface area contributed by atoms with Gasteiger partial charge in [0.25, 0.3) is 5.91 Å². The number of hydrogen-bond acceptors (Lipinski definition) is 3. The number of rotatable bonds is 7. The van der Waals surface area contributed by atoms with Crippen molar-refractivity contribution in [2.45, 2.75) is 45.7 Å². The third-order valence-corrected chi connectivity index (χ3v) is 5.31. The van der Waals surface area contributed by atoms with Crippen LogP contribution in [0.5, 0.6) is 0 Å². The molecule has 2 aromatic rings. The van der Waals surface area contributed by atoms with E-state index in [1.165, 1.54) is 0 Å². The predicted molar refractivity (Wildman–Crippen MR) is 117 cm³/mol. The van der Waals surface area contributed by atoms with Crippen molar-refractivity contribution in [1.82, 2.24) is 5.32 Å². The molecule has 0 aromatic heterocycles. The van der Waals surface area contributed by atoms with Gasteiger partial charge in [0.05, 0.1) is 11.4 Å². The minimum Gasteiger partial charge on any atom is -0.326 e. The van der Waals surface area contributed by atoms with Crippen molar-refractivity contribution in [3.63, 3.8) is 0 Å². The highest BCUT2D eigenvalue weighted by Crippen LogP contribution is 2.27. The summed E-state index contributed by atoms with van der Waals surface area (Å²) in [4.78, 5) is 32.4. The molecule has 0 unspecified atom stereocenters.